The van der Waals surface area contributed by atoms with Gasteiger partial charge in [-0.2, -0.15) is 0 Å². The Labute approximate surface area is 123 Å². The lowest BCUT2D eigenvalue weighted by atomic mass is 10.1. The second-order valence-electron chi connectivity index (χ2n) is 4.20. The van der Waals surface area contributed by atoms with E-state index in [-0.39, 0.29) is 12.6 Å². The highest BCUT2D eigenvalue weighted by Gasteiger charge is 2.13. The molecule has 0 aliphatic rings. The first-order valence-electron chi connectivity index (χ1n) is 6.49. The summed E-state index contributed by atoms with van der Waals surface area (Å²) in [6.45, 7) is 5.33. The van der Waals surface area contributed by atoms with E-state index in [4.69, 9.17) is 9.47 Å². The lowest BCUT2D eigenvalue weighted by molar-refractivity contribution is 0.237. The molecule has 1 rings (SSSR count). The van der Waals surface area contributed by atoms with Crippen molar-refractivity contribution >= 4 is 15.9 Å². The number of aliphatic hydroxyl groups excluding tert-OH is 1. The Morgan fingerprint density at radius 1 is 1.37 bits per heavy atom. The van der Waals surface area contributed by atoms with E-state index in [1.807, 2.05) is 26.0 Å². The Morgan fingerprint density at radius 3 is 2.63 bits per heavy atom. The molecule has 0 heterocycles. The topological polar surface area (TPSA) is 50.7 Å². The fourth-order valence-electron chi connectivity index (χ4n) is 1.81. The van der Waals surface area contributed by atoms with Crippen LogP contribution in [0.2, 0.25) is 0 Å². The lowest BCUT2D eigenvalue weighted by Gasteiger charge is -2.18. The summed E-state index contributed by atoms with van der Waals surface area (Å²) >= 11 is 3.47. The number of ether oxygens (including phenoxy) is 2. The van der Waals surface area contributed by atoms with Crippen LogP contribution in [0.3, 0.4) is 0 Å². The number of nitrogens with one attached hydrogen (secondary N) is 1. The van der Waals surface area contributed by atoms with Crippen molar-refractivity contribution in [3.8, 4) is 11.5 Å². The van der Waals surface area contributed by atoms with Crippen LogP contribution in [0, 0.1) is 0 Å². The van der Waals surface area contributed by atoms with Crippen LogP contribution < -0.4 is 14.8 Å². The van der Waals surface area contributed by atoms with Crippen LogP contribution in [-0.2, 0) is 6.54 Å². The van der Waals surface area contributed by atoms with Gasteiger partial charge in [0.1, 0.15) is 0 Å². The first kappa shape index (κ1) is 16.3. The van der Waals surface area contributed by atoms with E-state index in [1.165, 1.54) is 0 Å². The highest BCUT2D eigenvalue weighted by atomic mass is 79.9. The molecule has 0 fully saturated rings. The average molecular weight is 332 g/mol. The van der Waals surface area contributed by atoms with Crippen molar-refractivity contribution < 1.29 is 14.6 Å². The van der Waals surface area contributed by atoms with Crippen molar-refractivity contribution in [1.29, 1.82) is 0 Å². The molecular weight excluding hydrogens is 310 g/mol. The summed E-state index contributed by atoms with van der Waals surface area (Å²) in [4.78, 5) is 0. The highest BCUT2D eigenvalue weighted by Crippen LogP contribution is 2.34. The molecule has 0 saturated carbocycles. The fraction of sp³-hybridized carbons (Fsp3) is 0.571. The minimum Gasteiger partial charge on any atom is -0.493 e. The maximum Gasteiger partial charge on any atom is 0.165 e. The first-order valence-corrected chi connectivity index (χ1v) is 7.28. The van der Waals surface area contributed by atoms with Crippen molar-refractivity contribution in [2.24, 2.45) is 0 Å². The summed E-state index contributed by atoms with van der Waals surface area (Å²) in [6.07, 6.45) is 0.881. The molecule has 0 aromatic heterocycles. The van der Waals surface area contributed by atoms with Crippen molar-refractivity contribution in [1.82, 2.24) is 5.32 Å². The summed E-state index contributed by atoms with van der Waals surface area (Å²) in [5, 5.41) is 12.5. The maximum atomic E-state index is 9.20. The van der Waals surface area contributed by atoms with Crippen LogP contribution in [0.4, 0.5) is 0 Å². The summed E-state index contributed by atoms with van der Waals surface area (Å²) in [5.41, 5.74) is 1.01. The fourth-order valence-corrected chi connectivity index (χ4v) is 2.29. The summed E-state index contributed by atoms with van der Waals surface area (Å²) in [5.74, 6) is 1.47. The largest absolute Gasteiger partial charge is 0.493 e. The van der Waals surface area contributed by atoms with E-state index in [0.717, 1.165) is 22.2 Å². The summed E-state index contributed by atoms with van der Waals surface area (Å²) < 4.78 is 12.0. The SMILES string of the molecule is CCOc1c(CNC(CC)CO)cc(Br)cc1OC. The Morgan fingerprint density at radius 2 is 2.11 bits per heavy atom. The molecule has 0 radical (unpaired) electrons. The Balaban J connectivity index is 2.93. The predicted octanol–water partition coefficient (Wildman–Crippen LogP) is 2.72. The van der Waals surface area contributed by atoms with Crippen molar-refractivity contribution in [3.63, 3.8) is 0 Å². The van der Waals surface area contributed by atoms with Gasteiger partial charge in [0.2, 0.25) is 0 Å². The standard InChI is InChI=1S/C14H22BrNO3/c1-4-12(9-17)16-8-10-6-11(15)7-13(18-3)14(10)19-5-2/h6-7,12,16-17H,4-5,8-9H2,1-3H3. The zero-order chi connectivity index (χ0) is 14.3. The second kappa shape index (κ2) is 8.40. The Kier molecular flexibility index (Phi) is 7.20. The first-order chi connectivity index (χ1) is 9.15. The summed E-state index contributed by atoms with van der Waals surface area (Å²) in [7, 11) is 1.63. The molecule has 1 unspecified atom stereocenters. The van der Waals surface area contributed by atoms with Gasteiger partial charge in [0.05, 0.1) is 20.3 Å². The van der Waals surface area contributed by atoms with Gasteiger partial charge in [0, 0.05) is 22.6 Å². The van der Waals surface area contributed by atoms with Crippen LogP contribution >= 0.6 is 15.9 Å². The van der Waals surface area contributed by atoms with Crippen LogP contribution in [-0.4, -0.2) is 31.5 Å². The lowest BCUT2D eigenvalue weighted by Crippen LogP contribution is -2.31. The molecule has 0 spiro atoms. The van der Waals surface area contributed by atoms with Crippen LogP contribution in [0.15, 0.2) is 16.6 Å². The van der Waals surface area contributed by atoms with Crippen molar-refractivity contribution in [2.45, 2.75) is 32.9 Å². The van der Waals surface area contributed by atoms with Gasteiger partial charge >= 0.3 is 0 Å². The molecule has 5 heteroatoms. The van der Waals surface area contributed by atoms with Gasteiger partial charge in [0.15, 0.2) is 11.5 Å². The van der Waals surface area contributed by atoms with E-state index >= 15 is 0 Å². The monoisotopic (exact) mass is 331 g/mol. The number of hydrogen-bond donors (Lipinski definition) is 2. The number of halogens is 1. The van der Waals surface area contributed by atoms with Gasteiger partial charge in [-0.15, -0.1) is 0 Å². The molecule has 1 aromatic rings. The third kappa shape index (κ3) is 4.67. The number of benzene rings is 1. The number of hydrogen-bond acceptors (Lipinski definition) is 4. The predicted molar refractivity (Wildman–Crippen MR) is 79.9 cm³/mol. The maximum absolute atomic E-state index is 9.20. The molecule has 4 nitrogen and oxygen atoms in total. The highest BCUT2D eigenvalue weighted by molar-refractivity contribution is 9.10. The summed E-state index contributed by atoms with van der Waals surface area (Å²) in [6, 6.07) is 3.99. The van der Waals surface area contributed by atoms with Gasteiger partial charge in [-0.05, 0) is 25.5 Å². The molecule has 1 aromatic carbocycles. The molecule has 0 aliphatic heterocycles. The van der Waals surface area contributed by atoms with Crippen molar-refractivity contribution in [2.75, 3.05) is 20.3 Å². The zero-order valence-corrected chi connectivity index (χ0v) is 13.3. The number of aliphatic hydroxyl groups is 1. The zero-order valence-electron chi connectivity index (χ0n) is 11.7. The van der Waals surface area contributed by atoms with Crippen LogP contribution in [0.25, 0.3) is 0 Å². The average Bonchev–Trinajstić information content (AvgIpc) is 2.42. The van der Waals surface area contributed by atoms with E-state index in [0.29, 0.717) is 18.9 Å². The molecule has 2 N–H and O–H groups in total. The quantitative estimate of drug-likeness (QED) is 0.769. The molecule has 1 atom stereocenters. The molecule has 19 heavy (non-hydrogen) atoms. The number of methoxy groups -OCH3 is 1. The van der Waals surface area contributed by atoms with E-state index in [9.17, 15) is 5.11 Å². The normalized spacial score (nSPS) is 12.3. The van der Waals surface area contributed by atoms with E-state index < -0.39 is 0 Å². The van der Waals surface area contributed by atoms with Gasteiger partial charge in [-0.1, -0.05) is 22.9 Å². The molecule has 0 saturated heterocycles. The Bertz CT molecular complexity index is 395. The van der Waals surface area contributed by atoms with Crippen molar-refractivity contribution in [3.05, 3.63) is 22.2 Å². The number of rotatable bonds is 8. The molecule has 108 valence electrons. The third-order valence-corrected chi connectivity index (χ3v) is 3.36. The van der Waals surface area contributed by atoms with Gasteiger partial charge < -0.3 is 19.9 Å². The van der Waals surface area contributed by atoms with Gasteiger partial charge in [-0.3, -0.25) is 0 Å². The molecule has 0 aliphatic carbocycles. The van der Waals surface area contributed by atoms with Crippen LogP contribution in [0.1, 0.15) is 25.8 Å². The van der Waals surface area contributed by atoms with Crippen LogP contribution in [0.5, 0.6) is 11.5 Å². The molecular formula is C14H22BrNO3. The second-order valence-corrected chi connectivity index (χ2v) is 5.11. The molecule has 0 amide bonds. The Hall–Kier alpha value is -0.780. The molecule has 0 bridgehead atoms. The minimum absolute atomic E-state index is 0.0967. The minimum atomic E-state index is 0.0967. The van der Waals surface area contributed by atoms with E-state index in [1.54, 1.807) is 7.11 Å². The van der Waals surface area contributed by atoms with E-state index in [2.05, 4.69) is 21.2 Å². The third-order valence-electron chi connectivity index (χ3n) is 2.90. The van der Waals surface area contributed by atoms with Gasteiger partial charge in [0.25, 0.3) is 0 Å². The smallest absolute Gasteiger partial charge is 0.165 e. The van der Waals surface area contributed by atoms with Gasteiger partial charge in [-0.25, -0.2) is 0 Å².